The first-order valence-electron chi connectivity index (χ1n) is 5.50. The summed E-state index contributed by atoms with van der Waals surface area (Å²) in [5.74, 6) is -0.515. The smallest absolute Gasteiger partial charge is 0.254 e. The molecule has 1 aromatic rings. The minimum absolute atomic E-state index is 0.0831. The summed E-state index contributed by atoms with van der Waals surface area (Å²) in [4.78, 5) is 26.7. The quantitative estimate of drug-likeness (QED) is 0.682. The third kappa shape index (κ3) is 4.21. The number of nitrogen functional groups attached to an aromatic ring is 1. The molecule has 6 nitrogen and oxygen atoms in total. The lowest BCUT2D eigenvalue weighted by Crippen LogP contribution is -2.30. The summed E-state index contributed by atoms with van der Waals surface area (Å²) in [6.45, 7) is 2.63. The van der Waals surface area contributed by atoms with Gasteiger partial charge in [0.15, 0.2) is 0 Å². The van der Waals surface area contributed by atoms with Gasteiger partial charge in [-0.1, -0.05) is 11.6 Å². The zero-order chi connectivity index (χ0) is 13.5. The number of nitrogens with two attached hydrogens (primary N) is 1. The van der Waals surface area contributed by atoms with Crippen molar-refractivity contribution in [1.29, 1.82) is 0 Å². The zero-order valence-corrected chi connectivity index (χ0v) is 10.8. The third-order valence-electron chi connectivity index (χ3n) is 2.12. The van der Waals surface area contributed by atoms with Gasteiger partial charge in [0.25, 0.3) is 5.91 Å². The molecule has 18 heavy (non-hydrogen) atoms. The molecular formula is C11H15ClN4O2. The molecule has 1 aromatic heterocycles. The molecule has 0 aliphatic rings. The van der Waals surface area contributed by atoms with Crippen LogP contribution in [0.2, 0.25) is 5.15 Å². The van der Waals surface area contributed by atoms with Gasteiger partial charge in [-0.2, -0.15) is 0 Å². The summed E-state index contributed by atoms with van der Waals surface area (Å²) in [6.07, 6.45) is 1.58. The van der Waals surface area contributed by atoms with E-state index in [0.29, 0.717) is 12.2 Å². The second kappa shape index (κ2) is 6.80. The van der Waals surface area contributed by atoms with Crippen molar-refractivity contribution in [2.75, 3.05) is 18.8 Å². The Labute approximate surface area is 110 Å². The van der Waals surface area contributed by atoms with Gasteiger partial charge in [0.1, 0.15) is 5.15 Å². The van der Waals surface area contributed by atoms with E-state index in [0.717, 1.165) is 0 Å². The Morgan fingerprint density at radius 1 is 1.44 bits per heavy atom. The van der Waals surface area contributed by atoms with E-state index in [-0.39, 0.29) is 29.6 Å². The third-order valence-corrected chi connectivity index (χ3v) is 2.42. The number of anilines is 1. The predicted octanol–water partition coefficient (Wildman–Crippen LogP) is 0.573. The lowest BCUT2D eigenvalue weighted by atomic mass is 10.2. The molecular weight excluding hydrogens is 256 g/mol. The Bertz CT molecular complexity index is 451. The number of hydrogen-bond donors (Lipinski definition) is 3. The first-order valence-corrected chi connectivity index (χ1v) is 5.88. The van der Waals surface area contributed by atoms with E-state index >= 15 is 0 Å². The number of nitrogens with one attached hydrogen (secondary N) is 2. The summed E-state index contributed by atoms with van der Waals surface area (Å²) in [5.41, 5.74) is 6.07. The number of rotatable bonds is 5. The van der Waals surface area contributed by atoms with Gasteiger partial charge in [0.2, 0.25) is 5.91 Å². The van der Waals surface area contributed by atoms with Crippen LogP contribution in [-0.4, -0.2) is 29.9 Å². The van der Waals surface area contributed by atoms with Crippen LogP contribution in [-0.2, 0) is 4.79 Å². The normalized spacial score (nSPS) is 9.89. The molecule has 0 spiro atoms. The maximum absolute atomic E-state index is 11.7. The standard InChI is InChI=1S/C11H15ClN4O2/c1-2-14-9(17)3-4-15-11(18)8-5-7(13)6-16-10(8)12/h5-6H,2-4,13H2,1H3,(H,14,17)(H,15,18). The van der Waals surface area contributed by atoms with E-state index in [1.807, 2.05) is 6.92 Å². The molecule has 0 aliphatic carbocycles. The van der Waals surface area contributed by atoms with Gasteiger partial charge >= 0.3 is 0 Å². The summed E-state index contributed by atoms with van der Waals surface area (Å²) in [7, 11) is 0. The van der Waals surface area contributed by atoms with Gasteiger partial charge in [0.05, 0.1) is 17.4 Å². The Balaban J connectivity index is 2.50. The van der Waals surface area contributed by atoms with Gasteiger partial charge < -0.3 is 16.4 Å². The fraction of sp³-hybridized carbons (Fsp3) is 0.364. The van der Waals surface area contributed by atoms with Crippen LogP contribution in [0.4, 0.5) is 5.69 Å². The van der Waals surface area contributed by atoms with Crippen molar-refractivity contribution < 1.29 is 9.59 Å². The van der Waals surface area contributed by atoms with Crippen molar-refractivity contribution >= 4 is 29.1 Å². The fourth-order valence-corrected chi connectivity index (χ4v) is 1.48. The average molecular weight is 271 g/mol. The Hall–Kier alpha value is -1.82. The molecule has 1 rings (SSSR count). The van der Waals surface area contributed by atoms with Crippen molar-refractivity contribution in [2.24, 2.45) is 0 Å². The number of nitrogens with zero attached hydrogens (tertiary/aromatic N) is 1. The number of halogens is 1. The van der Waals surface area contributed by atoms with Gasteiger partial charge in [0, 0.05) is 19.5 Å². The van der Waals surface area contributed by atoms with Crippen LogP contribution in [0, 0.1) is 0 Å². The Morgan fingerprint density at radius 3 is 2.83 bits per heavy atom. The summed E-state index contributed by atoms with van der Waals surface area (Å²) < 4.78 is 0. The summed E-state index contributed by atoms with van der Waals surface area (Å²) in [6, 6.07) is 1.44. The molecule has 0 saturated carbocycles. The Morgan fingerprint density at radius 2 is 2.17 bits per heavy atom. The highest BCUT2D eigenvalue weighted by Gasteiger charge is 2.11. The molecule has 0 fully saturated rings. The minimum atomic E-state index is -0.399. The Kier molecular flexibility index (Phi) is 5.38. The highest BCUT2D eigenvalue weighted by molar-refractivity contribution is 6.32. The fourth-order valence-electron chi connectivity index (χ4n) is 1.29. The molecule has 0 aliphatic heterocycles. The molecule has 2 amide bonds. The van der Waals surface area contributed by atoms with Crippen molar-refractivity contribution in [3.8, 4) is 0 Å². The van der Waals surface area contributed by atoms with E-state index in [1.165, 1.54) is 12.3 Å². The molecule has 0 radical (unpaired) electrons. The molecule has 0 bridgehead atoms. The number of carbonyl (C=O) groups excluding carboxylic acids is 2. The minimum Gasteiger partial charge on any atom is -0.397 e. The van der Waals surface area contributed by atoms with Crippen LogP contribution in [0.3, 0.4) is 0 Å². The van der Waals surface area contributed by atoms with Crippen molar-refractivity contribution in [2.45, 2.75) is 13.3 Å². The number of aromatic nitrogens is 1. The van der Waals surface area contributed by atoms with Crippen LogP contribution in [0.15, 0.2) is 12.3 Å². The highest BCUT2D eigenvalue weighted by Crippen LogP contribution is 2.15. The number of pyridine rings is 1. The molecule has 0 saturated heterocycles. The van der Waals surface area contributed by atoms with E-state index in [9.17, 15) is 9.59 Å². The van der Waals surface area contributed by atoms with Crippen LogP contribution >= 0.6 is 11.6 Å². The van der Waals surface area contributed by atoms with Crippen molar-refractivity contribution in [3.05, 3.63) is 23.0 Å². The van der Waals surface area contributed by atoms with Crippen LogP contribution in [0.5, 0.6) is 0 Å². The second-order valence-electron chi connectivity index (χ2n) is 3.57. The molecule has 7 heteroatoms. The maximum atomic E-state index is 11.7. The van der Waals surface area contributed by atoms with Crippen LogP contribution in [0.25, 0.3) is 0 Å². The SMILES string of the molecule is CCNC(=O)CCNC(=O)c1cc(N)cnc1Cl. The number of carbonyl (C=O) groups is 2. The van der Waals surface area contributed by atoms with Crippen molar-refractivity contribution in [3.63, 3.8) is 0 Å². The molecule has 0 atom stereocenters. The van der Waals surface area contributed by atoms with E-state index < -0.39 is 5.91 Å². The van der Waals surface area contributed by atoms with Crippen LogP contribution < -0.4 is 16.4 Å². The highest BCUT2D eigenvalue weighted by atomic mass is 35.5. The largest absolute Gasteiger partial charge is 0.397 e. The monoisotopic (exact) mass is 270 g/mol. The van der Waals surface area contributed by atoms with Gasteiger partial charge in [-0.25, -0.2) is 4.98 Å². The zero-order valence-electron chi connectivity index (χ0n) is 10.00. The molecule has 0 unspecified atom stereocenters. The molecule has 98 valence electrons. The number of hydrogen-bond acceptors (Lipinski definition) is 4. The van der Waals surface area contributed by atoms with E-state index in [1.54, 1.807) is 0 Å². The van der Waals surface area contributed by atoms with Gasteiger partial charge in [-0.05, 0) is 13.0 Å². The first kappa shape index (κ1) is 14.2. The topological polar surface area (TPSA) is 97.1 Å². The summed E-state index contributed by atoms with van der Waals surface area (Å²) >= 11 is 5.78. The molecule has 0 aromatic carbocycles. The lowest BCUT2D eigenvalue weighted by Gasteiger charge is -2.07. The van der Waals surface area contributed by atoms with Crippen molar-refractivity contribution in [1.82, 2.24) is 15.6 Å². The molecule has 1 heterocycles. The van der Waals surface area contributed by atoms with E-state index in [4.69, 9.17) is 17.3 Å². The lowest BCUT2D eigenvalue weighted by molar-refractivity contribution is -0.120. The first-order chi connectivity index (χ1) is 8.54. The summed E-state index contributed by atoms with van der Waals surface area (Å²) in [5, 5.41) is 5.29. The van der Waals surface area contributed by atoms with Gasteiger partial charge in [-0.15, -0.1) is 0 Å². The van der Waals surface area contributed by atoms with Gasteiger partial charge in [-0.3, -0.25) is 9.59 Å². The second-order valence-corrected chi connectivity index (χ2v) is 3.92. The van der Waals surface area contributed by atoms with E-state index in [2.05, 4.69) is 15.6 Å². The predicted molar refractivity (Wildman–Crippen MR) is 69.3 cm³/mol. The van der Waals surface area contributed by atoms with Crippen LogP contribution in [0.1, 0.15) is 23.7 Å². The molecule has 4 N–H and O–H groups in total. The maximum Gasteiger partial charge on any atom is 0.254 e. The average Bonchev–Trinajstić information content (AvgIpc) is 2.32. The number of amides is 2.